The van der Waals surface area contributed by atoms with Gasteiger partial charge in [-0.2, -0.15) is 0 Å². The van der Waals surface area contributed by atoms with Gasteiger partial charge in [0.15, 0.2) is 0 Å². The van der Waals surface area contributed by atoms with Crippen molar-refractivity contribution in [2.45, 2.75) is 6.36 Å². The molecule has 0 radical (unpaired) electrons. The van der Waals surface area contributed by atoms with Crippen molar-refractivity contribution >= 4 is 5.97 Å². The molecule has 1 aromatic rings. The van der Waals surface area contributed by atoms with Crippen molar-refractivity contribution in [3.8, 4) is 5.75 Å². The van der Waals surface area contributed by atoms with Gasteiger partial charge in [0.1, 0.15) is 5.75 Å². The summed E-state index contributed by atoms with van der Waals surface area (Å²) >= 11 is 0. The van der Waals surface area contributed by atoms with Gasteiger partial charge in [-0.25, -0.2) is 4.79 Å². The van der Waals surface area contributed by atoms with E-state index in [1.807, 2.05) is 0 Å². The summed E-state index contributed by atoms with van der Waals surface area (Å²) < 4.78 is 43.0. The van der Waals surface area contributed by atoms with Gasteiger partial charge in [-0.1, -0.05) is 0 Å². The van der Waals surface area contributed by atoms with Gasteiger partial charge in [0.2, 0.25) is 0 Å². The molecule has 0 aliphatic heterocycles. The Kier molecular flexibility index (Phi) is 3.18. The number of benzene rings is 1. The molecule has 0 amide bonds. The first kappa shape index (κ1) is 11.4. The van der Waals surface area contributed by atoms with Gasteiger partial charge in [-0.15, -0.1) is 13.2 Å². The van der Waals surface area contributed by atoms with Crippen LogP contribution in [0, 0.1) is 0 Å². The highest BCUT2D eigenvalue weighted by Crippen LogP contribution is 2.19. The molecule has 6 heteroatoms. The summed E-state index contributed by atoms with van der Waals surface area (Å²) in [6, 6.07) is 5.11. The van der Waals surface area contributed by atoms with Gasteiger partial charge in [-0.3, -0.25) is 0 Å². The monoisotopic (exact) mass is 220 g/mol. The Hall–Kier alpha value is -1.72. The van der Waals surface area contributed by atoms with E-state index < -0.39 is 12.3 Å². The minimum atomic E-state index is -4.96. The lowest BCUT2D eigenvalue weighted by molar-refractivity contribution is -0.291. The zero-order valence-corrected chi connectivity index (χ0v) is 7.67. The van der Waals surface area contributed by atoms with Crippen LogP contribution in [0.3, 0.4) is 0 Å². The lowest BCUT2D eigenvalue weighted by Gasteiger charge is -2.07. The van der Waals surface area contributed by atoms with E-state index in [9.17, 15) is 18.0 Å². The molecule has 0 aliphatic carbocycles. The summed E-state index contributed by atoms with van der Waals surface area (Å²) in [5.41, 5.74) is -0.187. The molecule has 0 bridgehead atoms. The number of alkyl halides is 3. The number of methoxy groups -OCH3 is 1. The summed E-state index contributed by atoms with van der Waals surface area (Å²) in [6.45, 7) is 0. The molecule has 0 saturated carbocycles. The van der Waals surface area contributed by atoms with Crippen LogP contribution in [0.5, 0.6) is 5.75 Å². The maximum atomic E-state index is 11.7. The molecule has 0 heterocycles. The van der Waals surface area contributed by atoms with E-state index in [0.29, 0.717) is 5.75 Å². The van der Waals surface area contributed by atoms with Crippen LogP contribution in [-0.4, -0.2) is 19.4 Å². The third kappa shape index (κ3) is 3.49. The van der Waals surface area contributed by atoms with Crippen molar-refractivity contribution < 1.29 is 27.4 Å². The van der Waals surface area contributed by atoms with Crippen molar-refractivity contribution in [2.75, 3.05) is 7.11 Å². The molecular formula is C9H7F3O3. The Morgan fingerprint density at radius 2 is 1.73 bits per heavy atom. The highest BCUT2D eigenvalue weighted by atomic mass is 19.4. The lowest BCUT2D eigenvalue weighted by Crippen LogP contribution is -2.19. The molecule has 0 fully saturated rings. The van der Waals surface area contributed by atoms with Crippen LogP contribution in [0.25, 0.3) is 0 Å². The Bertz CT molecular complexity index is 343. The van der Waals surface area contributed by atoms with Crippen LogP contribution < -0.4 is 4.74 Å². The fourth-order valence-electron chi connectivity index (χ4n) is 0.891. The van der Waals surface area contributed by atoms with Gasteiger partial charge in [0, 0.05) is 0 Å². The van der Waals surface area contributed by atoms with Crippen LogP contribution in [0.4, 0.5) is 13.2 Å². The lowest BCUT2D eigenvalue weighted by atomic mass is 10.2. The predicted octanol–water partition coefficient (Wildman–Crippen LogP) is 2.37. The van der Waals surface area contributed by atoms with Crippen molar-refractivity contribution in [1.82, 2.24) is 0 Å². The molecule has 0 aromatic heterocycles. The first-order chi connectivity index (χ1) is 6.92. The standard InChI is InChI=1S/C9H7F3O3/c1-14-7-4-2-6(3-5-7)8(13)15-9(10,11)12/h2-5H,1H3. The highest BCUT2D eigenvalue weighted by molar-refractivity contribution is 5.89. The van der Waals surface area contributed by atoms with E-state index in [4.69, 9.17) is 4.74 Å². The molecule has 0 atom stereocenters. The zero-order valence-electron chi connectivity index (χ0n) is 7.67. The number of rotatable bonds is 2. The van der Waals surface area contributed by atoms with Crippen molar-refractivity contribution in [1.29, 1.82) is 0 Å². The average molecular weight is 220 g/mol. The number of carbonyl (C=O) groups is 1. The maximum absolute atomic E-state index is 11.7. The van der Waals surface area contributed by atoms with Crippen LogP contribution in [0.2, 0.25) is 0 Å². The fraction of sp³-hybridized carbons (Fsp3) is 0.222. The summed E-state index contributed by atoms with van der Waals surface area (Å²) in [5, 5.41) is 0. The quantitative estimate of drug-likeness (QED) is 0.718. The molecule has 0 spiro atoms. The summed E-state index contributed by atoms with van der Waals surface area (Å²) in [6.07, 6.45) is -4.96. The van der Waals surface area contributed by atoms with Crippen molar-refractivity contribution in [3.05, 3.63) is 29.8 Å². The topological polar surface area (TPSA) is 35.5 Å². The molecular weight excluding hydrogens is 213 g/mol. The van der Waals surface area contributed by atoms with Gasteiger partial charge >= 0.3 is 12.3 Å². The van der Waals surface area contributed by atoms with Gasteiger partial charge in [-0.05, 0) is 24.3 Å². The predicted molar refractivity (Wildman–Crippen MR) is 44.5 cm³/mol. The number of carbonyl (C=O) groups excluding carboxylic acids is 1. The first-order valence-corrected chi connectivity index (χ1v) is 3.86. The van der Waals surface area contributed by atoms with E-state index in [-0.39, 0.29) is 5.56 Å². The number of halogens is 3. The third-order valence-electron chi connectivity index (χ3n) is 1.53. The minimum absolute atomic E-state index is 0.187. The summed E-state index contributed by atoms with van der Waals surface area (Å²) in [7, 11) is 1.41. The third-order valence-corrected chi connectivity index (χ3v) is 1.53. The Morgan fingerprint density at radius 3 is 2.13 bits per heavy atom. The second kappa shape index (κ2) is 4.20. The summed E-state index contributed by atoms with van der Waals surface area (Å²) in [5.74, 6) is -0.997. The second-order valence-electron chi connectivity index (χ2n) is 2.56. The number of hydrogen-bond acceptors (Lipinski definition) is 3. The van der Waals surface area contributed by atoms with E-state index in [0.717, 1.165) is 0 Å². The highest BCUT2D eigenvalue weighted by Gasteiger charge is 2.34. The smallest absolute Gasteiger partial charge is 0.497 e. The number of ether oxygens (including phenoxy) is 2. The van der Waals surface area contributed by atoms with Gasteiger partial charge < -0.3 is 9.47 Å². The molecule has 82 valence electrons. The van der Waals surface area contributed by atoms with Gasteiger partial charge in [0.25, 0.3) is 0 Å². The number of esters is 1. The van der Waals surface area contributed by atoms with Crippen LogP contribution in [-0.2, 0) is 4.74 Å². The minimum Gasteiger partial charge on any atom is -0.497 e. The molecule has 15 heavy (non-hydrogen) atoms. The van der Waals surface area contributed by atoms with E-state index in [1.165, 1.54) is 31.4 Å². The van der Waals surface area contributed by atoms with Gasteiger partial charge in [0.05, 0.1) is 12.7 Å². The molecule has 0 N–H and O–H groups in total. The fourth-order valence-corrected chi connectivity index (χ4v) is 0.891. The SMILES string of the molecule is COc1ccc(C(=O)OC(F)(F)F)cc1. The Labute approximate surface area is 83.4 Å². The molecule has 0 unspecified atom stereocenters. The maximum Gasteiger partial charge on any atom is 0.575 e. The molecule has 0 saturated heterocycles. The Morgan fingerprint density at radius 1 is 1.20 bits per heavy atom. The zero-order chi connectivity index (χ0) is 11.5. The first-order valence-electron chi connectivity index (χ1n) is 3.86. The van der Waals surface area contributed by atoms with E-state index in [1.54, 1.807) is 0 Å². The number of hydrogen-bond donors (Lipinski definition) is 0. The Balaban J connectivity index is 2.75. The molecule has 3 nitrogen and oxygen atoms in total. The second-order valence-corrected chi connectivity index (χ2v) is 2.56. The van der Waals surface area contributed by atoms with Crippen LogP contribution in [0.1, 0.15) is 10.4 Å². The molecule has 0 aliphatic rings. The molecule has 1 aromatic carbocycles. The normalized spacial score (nSPS) is 10.9. The largest absolute Gasteiger partial charge is 0.575 e. The van der Waals surface area contributed by atoms with Crippen LogP contribution >= 0.6 is 0 Å². The molecule has 1 rings (SSSR count). The summed E-state index contributed by atoms with van der Waals surface area (Å²) in [4.78, 5) is 10.9. The van der Waals surface area contributed by atoms with Crippen molar-refractivity contribution in [2.24, 2.45) is 0 Å². The van der Waals surface area contributed by atoms with Crippen molar-refractivity contribution in [3.63, 3.8) is 0 Å². The van der Waals surface area contributed by atoms with Crippen LogP contribution in [0.15, 0.2) is 24.3 Å². The average Bonchev–Trinajstić information content (AvgIpc) is 2.15. The van der Waals surface area contributed by atoms with E-state index in [2.05, 4.69) is 4.74 Å². The van der Waals surface area contributed by atoms with E-state index >= 15 is 0 Å².